The van der Waals surface area contributed by atoms with E-state index in [2.05, 4.69) is 28.0 Å². The first-order chi connectivity index (χ1) is 13.9. The molecule has 6 nitrogen and oxygen atoms in total. The van der Waals surface area contributed by atoms with Crippen molar-refractivity contribution in [3.05, 3.63) is 24.3 Å². The number of ether oxygens (including phenoxy) is 2. The minimum absolute atomic E-state index is 0.220. The van der Waals surface area contributed by atoms with Gasteiger partial charge >= 0.3 is 6.09 Å². The normalized spacial score (nSPS) is 18.6. The Labute approximate surface area is 175 Å². The van der Waals surface area contributed by atoms with Crippen LogP contribution >= 0.6 is 0 Å². The minimum Gasteiger partial charge on any atom is -0.493 e. The van der Waals surface area contributed by atoms with E-state index < -0.39 is 5.60 Å². The van der Waals surface area contributed by atoms with Crippen LogP contribution in [0, 0.1) is 0 Å². The molecule has 2 aliphatic heterocycles. The maximum absolute atomic E-state index is 12.2. The molecule has 2 aliphatic rings. The van der Waals surface area contributed by atoms with Gasteiger partial charge in [0.25, 0.3) is 0 Å². The van der Waals surface area contributed by atoms with Crippen molar-refractivity contribution >= 4 is 11.8 Å². The van der Waals surface area contributed by atoms with Crippen molar-refractivity contribution < 1.29 is 14.3 Å². The van der Waals surface area contributed by atoms with Crippen LogP contribution in [-0.4, -0.2) is 73.9 Å². The number of piperazine rings is 1. The van der Waals surface area contributed by atoms with E-state index in [1.54, 1.807) is 4.90 Å². The van der Waals surface area contributed by atoms with Crippen molar-refractivity contribution in [1.82, 2.24) is 9.80 Å². The van der Waals surface area contributed by atoms with Gasteiger partial charge in [-0.15, -0.1) is 0 Å². The molecule has 2 saturated heterocycles. The summed E-state index contributed by atoms with van der Waals surface area (Å²) in [6.45, 7) is 13.0. The van der Waals surface area contributed by atoms with Crippen LogP contribution in [0.25, 0.3) is 0 Å². The summed E-state index contributed by atoms with van der Waals surface area (Å²) in [6, 6.07) is 8.31. The highest BCUT2D eigenvalue weighted by atomic mass is 16.6. The summed E-state index contributed by atoms with van der Waals surface area (Å²) in [5.74, 6) is 0.927. The van der Waals surface area contributed by atoms with Crippen LogP contribution in [0.15, 0.2) is 24.3 Å². The molecule has 0 aliphatic carbocycles. The smallest absolute Gasteiger partial charge is 0.410 e. The van der Waals surface area contributed by atoms with Gasteiger partial charge in [0, 0.05) is 44.5 Å². The summed E-state index contributed by atoms with van der Waals surface area (Å²) in [5, 5.41) is 0. The number of carbonyl (C=O) groups excluding carboxylic acids is 1. The molecule has 0 unspecified atom stereocenters. The number of hydrogen-bond acceptors (Lipinski definition) is 5. The Bertz CT molecular complexity index is 645. The van der Waals surface area contributed by atoms with E-state index in [9.17, 15) is 4.79 Å². The van der Waals surface area contributed by atoms with Gasteiger partial charge in [0.1, 0.15) is 11.4 Å². The van der Waals surface area contributed by atoms with Gasteiger partial charge in [-0.1, -0.05) is 12.5 Å². The lowest BCUT2D eigenvalue weighted by atomic mass is 10.1. The van der Waals surface area contributed by atoms with Crippen LogP contribution in [0.1, 0.15) is 46.5 Å². The van der Waals surface area contributed by atoms with Crippen molar-refractivity contribution in [2.75, 3.05) is 57.3 Å². The van der Waals surface area contributed by atoms with E-state index in [1.807, 2.05) is 26.8 Å². The first kappa shape index (κ1) is 21.8. The molecule has 0 bridgehead atoms. The second-order valence-electron chi connectivity index (χ2n) is 9.06. The van der Waals surface area contributed by atoms with Gasteiger partial charge in [0.05, 0.1) is 6.61 Å². The fraction of sp³-hybridized carbons (Fsp3) is 0.696. The quantitative estimate of drug-likeness (QED) is 0.672. The Kier molecular flexibility index (Phi) is 7.64. The lowest BCUT2D eigenvalue weighted by Gasteiger charge is -2.36. The maximum atomic E-state index is 12.2. The van der Waals surface area contributed by atoms with Gasteiger partial charge in [-0.05, 0) is 65.3 Å². The Balaban J connectivity index is 1.42. The van der Waals surface area contributed by atoms with Crippen LogP contribution in [-0.2, 0) is 4.74 Å². The highest BCUT2D eigenvalue weighted by molar-refractivity contribution is 5.68. The fourth-order valence-electron chi connectivity index (χ4n) is 3.90. The number of hydrogen-bond donors (Lipinski definition) is 0. The number of carbonyl (C=O) groups is 1. The van der Waals surface area contributed by atoms with Gasteiger partial charge in [-0.3, -0.25) is 0 Å². The Morgan fingerprint density at radius 1 is 1.00 bits per heavy atom. The van der Waals surface area contributed by atoms with Crippen molar-refractivity contribution in [1.29, 1.82) is 0 Å². The van der Waals surface area contributed by atoms with E-state index in [1.165, 1.54) is 32.4 Å². The van der Waals surface area contributed by atoms with Crippen molar-refractivity contribution in [2.24, 2.45) is 0 Å². The predicted molar refractivity (Wildman–Crippen MR) is 117 cm³/mol. The maximum Gasteiger partial charge on any atom is 0.410 e. The average molecular weight is 404 g/mol. The van der Waals surface area contributed by atoms with Gasteiger partial charge < -0.3 is 24.2 Å². The molecule has 0 saturated carbocycles. The summed E-state index contributed by atoms with van der Waals surface area (Å²) in [7, 11) is 0. The van der Waals surface area contributed by atoms with E-state index in [0.717, 1.165) is 44.1 Å². The lowest BCUT2D eigenvalue weighted by molar-refractivity contribution is 0.0240. The molecule has 2 fully saturated rings. The number of piperidine rings is 1. The van der Waals surface area contributed by atoms with Crippen LogP contribution in [0.3, 0.4) is 0 Å². The molecule has 1 aromatic rings. The van der Waals surface area contributed by atoms with Crippen LogP contribution in [0.4, 0.5) is 10.5 Å². The summed E-state index contributed by atoms with van der Waals surface area (Å²) in [5.41, 5.74) is 0.704. The lowest BCUT2D eigenvalue weighted by Crippen LogP contribution is -2.50. The van der Waals surface area contributed by atoms with Gasteiger partial charge in [0.15, 0.2) is 0 Å². The molecule has 29 heavy (non-hydrogen) atoms. The zero-order valence-electron chi connectivity index (χ0n) is 18.4. The second kappa shape index (κ2) is 10.2. The molecule has 0 atom stereocenters. The Morgan fingerprint density at radius 2 is 1.72 bits per heavy atom. The van der Waals surface area contributed by atoms with E-state index >= 15 is 0 Å². The summed E-state index contributed by atoms with van der Waals surface area (Å²) in [4.78, 5) is 18.9. The van der Waals surface area contributed by atoms with Crippen molar-refractivity contribution in [3.8, 4) is 5.75 Å². The predicted octanol–water partition coefficient (Wildman–Crippen LogP) is 4.00. The largest absolute Gasteiger partial charge is 0.493 e. The van der Waals surface area contributed by atoms with Crippen LogP contribution in [0.2, 0.25) is 0 Å². The molecule has 0 radical (unpaired) electrons. The number of anilines is 1. The van der Waals surface area contributed by atoms with Crippen LogP contribution < -0.4 is 9.64 Å². The second-order valence-corrected chi connectivity index (χ2v) is 9.06. The molecule has 2 heterocycles. The molecule has 0 N–H and O–H groups in total. The third-order valence-corrected chi connectivity index (χ3v) is 5.45. The first-order valence-corrected chi connectivity index (χ1v) is 11.1. The molecule has 162 valence electrons. The monoisotopic (exact) mass is 403 g/mol. The van der Waals surface area contributed by atoms with Crippen molar-refractivity contribution in [3.63, 3.8) is 0 Å². The van der Waals surface area contributed by atoms with Gasteiger partial charge in [-0.2, -0.15) is 0 Å². The molecular weight excluding hydrogens is 366 g/mol. The molecule has 1 amide bonds. The van der Waals surface area contributed by atoms with Crippen molar-refractivity contribution in [2.45, 2.75) is 52.1 Å². The number of nitrogens with zero attached hydrogens (tertiary/aromatic N) is 3. The number of rotatable bonds is 6. The third kappa shape index (κ3) is 7.11. The minimum atomic E-state index is -0.451. The zero-order chi connectivity index (χ0) is 20.7. The number of benzene rings is 1. The SMILES string of the molecule is CC(C)(C)OC(=O)N1CCN(c2cccc(OCCCN3CCCCC3)c2)CC1. The van der Waals surface area contributed by atoms with Crippen LogP contribution in [0.5, 0.6) is 5.75 Å². The molecule has 1 aromatic carbocycles. The Hall–Kier alpha value is -1.95. The zero-order valence-corrected chi connectivity index (χ0v) is 18.4. The van der Waals surface area contributed by atoms with Gasteiger partial charge in [0.2, 0.25) is 0 Å². The molecule has 6 heteroatoms. The average Bonchev–Trinajstić information content (AvgIpc) is 2.71. The highest BCUT2D eigenvalue weighted by Crippen LogP contribution is 2.23. The highest BCUT2D eigenvalue weighted by Gasteiger charge is 2.26. The summed E-state index contributed by atoms with van der Waals surface area (Å²) >= 11 is 0. The molecule has 0 spiro atoms. The van der Waals surface area contributed by atoms with Gasteiger partial charge in [-0.25, -0.2) is 4.79 Å². The van der Waals surface area contributed by atoms with E-state index in [-0.39, 0.29) is 6.09 Å². The number of amides is 1. The van der Waals surface area contributed by atoms with E-state index in [0.29, 0.717) is 13.1 Å². The summed E-state index contributed by atoms with van der Waals surface area (Å²) < 4.78 is 11.5. The molecule has 0 aromatic heterocycles. The topological polar surface area (TPSA) is 45.3 Å². The Morgan fingerprint density at radius 3 is 2.41 bits per heavy atom. The third-order valence-electron chi connectivity index (χ3n) is 5.45. The number of likely N-dealkylation sites (tertiary alicyclic amines) is 1. The first-order valence-electron chi connectivity index (χ1n) is 11.1. The summed E-state index contributed by atoms with van der Waals surface area (Å²) in [6.07, 6.45) is 4.90. The fourth-order valence-corrected chi connectivity index (χ4v) is 3.90. The molecule has 3 rings (SSSR count). The molecular formula is C23H37N3O3. The standard InChI is InChI=1S/C23H37N3O3/c1-23(2,3)29-22(27)26-16-14-25(15-17-26)20-9-7-10-21(19-20)28-18-8-13-24-11-5-4-6-12-24/h7,9-10,19H,4-6,8,11-18H2,1-3H3. The van der Waals surface area contributed by atoms with E-state index in [4.69, 9.17) is 9.47 Å².